The van der Waals surface area contributed by atoms with Crippen LogP contribution in [0.15, 0.2) is 16.5 Å². The summed E-state index contributed by atoms with van der Waals surface area (Å²) in [7, 11) is 1.70. The van der Waals surface area contributed by atoms with Gasteiger partial charge < -0.3 is 9.15 Å². The minimum Gasteiger partial charge on any atom is -0.448 e. The van der Waals surface area contributed by atoms with Gasteiger partial charge in [0.15, 0.2) is 5.22 Å². The van der Waals surface area contributed by atoms with Crippen molar-refractivity contribution in [3.05, 3.63) is 23.1 Å². The van der Waals surface area contributed by atoms with E-state index in [0.29, 0.717) is 5.22 Å². The fraction of sp³-hybridized carbons (Fsp3) is 0.636. The van der Waals surface area contributed by atoms with Gasteiger partial charge in [-0.3, -0.25) is 5.84 Å². The number of methoxy groups -OCH3 is 1. The molecule has 0 radical (unpaired) electrons. The SMILES string of the molecule is COC(C)(C)CCC(NN)c1ccc(Cl)o1. The summed E-state index contributed by atoms with van der Waals surface area (Å²) < 4.78 is 10.7. The summed E-state index contributed by atoms with van der Waals surface area (Å²) in [5.74, 6) is 6.24. The van der Waals surface area contributed by atoms with E-state index in [2.05, 4.69) is 5.43 Å². The first-order valence-corrected chi connectivity index (χ1v) is 5.63. The van der Waals surface area contributed by atoms with E-state index in [1.54, 1.807) is 13.2 Å². The van der Waals surface area contributed by atoms with Crippen molar-refractivity contribution >= 4 is 11.6 Å². The van der Waals surface area contributed by atoms with E-state index in [1.807, 2.05) is 19.9 Å². The molecule has 3 N–H and O–H groups in total. The van der Waals surface area contributed by atoms with Crippen LogP contribution in [0.2, 0.25) is 5.22 Å². The topological polar surface area (TPSA) is 60.4 Å². The molecule has 0 spiro atoms. The largest absolute Gasteiger partial charge is 0.448 e. The number of furan rings is 1. The van der Waals surface area contributed by atoms with E-state index < -0.39 is 0 Å². The summed E-state index contributed by atoms with van der Waals surface area (Å²) in [5, 5.41) is 0.376. The lowest BCUT2D eigenvalue weighted by atomic mass is 9.98. The molecule has 0 amide bonds. The number of ether oxygens (including phenoxy) is 1. The number of nitrogens with one attached hydrogen (secondary N) is 1. The van der Waals surface area contributed by atoms with Crippen molar-refractivity contribution in [1.82, 2.24) is 5.43 Å². The highest BCUT2D eigenvalue weighted by molar-refractivity contribution is 6.28. The quantitative estimate of drug-likeness (QED) is 0.598. The predicted molar refractivity (Wildman–Crippen MR) is 64.1 cm³/mol. The molecule has 0 fully saturated rings. The van der Waals surface area contributed by atoms with Crippen molar-refractivity contribution in [2.45, 2.75) is 38.3 Å². The molecule has 1 atom stereocenters. The van der Waals surface area contributed by atoms with Crippen LogP contribution >= 0.6 is 11.6 Å². The molecule has 4 nitrogen and oxygen atoms in total. The maximum Gasteiger partial charge on any atom is 0.193 e. The van der Waals surface area contributed by atoms with Gasteiger partial charge in [-0.2, -0.15) is 0 Å². The molecule has 0 saturated heterocycles. The maximum absolute atomic E-state index is 5.72. The Hall–Kier alpha value is -0.550. The lowest BCUT2D eigenvalue weighted by Gasteiger charge is -2.24. The van der Waals surface area contributed by atoms with Crippen LogP contribution in [-0.2, 0) is 4.74 Å². The molecule has 5 heteroatoms. The second kappa shape index (κ2) is 5.68. The van der Waals surface area contributed by atoms with Gasteiger partial charge in [0.1, 0.15) is 5.76 Å². The molecule has 0 bridgehead atoms. The van der Waals surface area contributed by atoms with Gasteiger partial charge in [-0.1, -0.05) is 0 Å². The van der Waals surface area contributed by atoms with Crippen molar-refractivity contribution in [1.29, 1.82) is 0 Å². The number of hydrazine groups is 1. The Kier molecular flexibility index (Phi) is 4.80. The molecule has 1 heterocycles. The molecule has 1 aromatic rings. The van der Waals surface area contributed by atoms with Crippen LogP contribution < -0.4 is 11.3 Å². The first-order valence-electron chi connectivity index (χ1n) is 5.25. The summed E-state index contributed by atoms with van der Waals surface area (Å²) in [6, 6.07) is 3.50. The van der Waals surface area contributed by atoms with Gasteiger partial charge in [0.05, 0.1) is 11.6 Å². The van der Waals surface area contributed by atoms with Crippen molar-refractivity contribution in [3.8, 4) is 0 Å². The molecule has 16 heavy (non-hydrogen) atoms. The lowest BCUT2D eigenvalue weighted by Crippen LogP contribution is -2.31. The van der Waals surface area contributed by atoms with E-state index >= 15 is 0 Å². The second-order valence-corrected chi connectivity index (χ2v) is 4.74. The second-order valence-electron chi connectivity index (χ2n) is 4.36. The normalized spacial score (nSPS) is 14.1. The highest BCUT2D eigenvalue weighted by Crippen LogP contribution is 2.26. The minimum absolute atomic E-state index is 0.0399. The summed E-state index contributed by atoms with van der Waals surface area (Å²) in [5.41, 5.74) is 2.56. The Morgan fingerprint density at radius 2 is 2.25 bits per heavy atom. The number of rotatable bonds is 6. The van der Waals surface area contributed by atoms with Crippen LogP contribution in [0.25, 0.3) is 0 Å². The minimum atomic E-state index is -0.161. The molecule has 0 saturated carbocycles. The van der Waals surface area contributed by atoms with E-state index in [-0.39, 0.29) is 11.6 Å². The Balaban J connectivity index is 2.56. The average Bonchev–Trinajstić information content (AvgIpc) is 2.66. The molecule has 0 aliphatic carbocycles. The lowest BCUT2D eigenvalue weighted by molar-refractivity contribution is 0.0112. The first-order chi connectivity index (χ1) is 7.48. The molecular formula is C11H19ClN2O2. The van der Waals surface area contributed by atoms with Gasteiger partial charge in [-0.25, -0.2) is 5.43 Å². The van der Waals surface area contributed by atoms with E-state index in [4.69, 9.17) is 26.6 Å². The molecular weight excluding hydrogens is 228 g/mol. The standard InChI is InChI=1S/C11H19ClN2O2/c1-11(2,15-3)7-6-8(14-13)9-4-5-10(12)16-9/h4-5,8,14H,6-7,13H2,1-3H3. The molecule has 0 aromatic carbocycles. The fourth-order valence-electron chi connectivity index (χ4n) is 1.42. The van der Waals surface area contributed by atoms with Gasteiger partial charge >= 0.3 is 0 Å². The van der Waals surface area contributed by atoms with Gasteiger partial charge in [0.25, 0.3) is 0 Å². The summed E-state index contributed by atoms with van der Waals surface area (Å²) in [6.07, 6.45) is 1.69. The van der Waals surface area contributed by atoms with E-state index in [0.717, 1.165) is 18.6 Å². The fourth-order valence-corrected chi connectivity index (χ4v) is 1.57. The Labute approximate surface area is 101 Å². The van der Waals surface area contributed by atoms with Crippen LogP contribution in [0.5, 0.6) is 0 Å². The van der Waals surface area contributed by atoms with Crippen LogP contribution in [0.4, 0.5) is 0 Å². The molecule has 0 aliphatic heterocycles. The number of nitrogens with two attached hydrogens (primary N) is 1. The van der Waals surface area contributed by atoms with Crippen molar-refractivity contribution in [2.75, 3.05) is 7.11 Å². The highest BCUT2D eigenvalue weighted by atomic mass is 35.5. The molecule has 1 aromatic heterocycles. The van der Waals surface area contributed by atoms with Crippen molar-refractivity contribution in [3.63, 3.8) is 0 Å². The zero-order valence-corrected chi connectivity index (χ0v) is 10.7. The Morgan fingerprint density at radius 3 is 2.69 bits per heavy atom. The van der Waals surface area contributed by atoms with Gasteiger partial charge in [0.2, 0.25) is 0 Å². The van der Waals surface area contributed by atoms with E-state index in [9.17, 15) is 0 Å². The predicted octanol–water partition coefficient (Wildman–Crippen LogP) is 2.64. The van der Waals surface area contributed by atoms with Crippen molar-refractivity contribution < 1.29 is 9.15 Å². The summed E-state index contributed by atoms with van der Waals surface area (Å²) in [4.78, 5) is 0. The number of hydrogen-bond donors (Lipinski definition) is 2. The maximum atomic E-state index is 5.72. The van der Waals surface area contributed by atoms with Crippen molar-refractivity contribution in [2.24, 2.45) is 5.84 Å². The van der Waals surface area contributed by atoms with Gasteiger partial charge in [-0.15, -0.1) is 0 Å². The van der Waals surface area contributed by atoms with Crippen LogP contribution in [-0.4, -0.2) is 12.7 Å². The Bertz CT molecular complexity index is 326. The third-order valence-electron chi connectivity index (χ3n) is 2.73. The smallest absolute Gasteiger partial charge is 0.193 e. The highest BCUT2D eigenvalue weighted by Gasteiger charge is 2.21. The third kappa shape index (κ3) is 3.79. The van der Waals surface area contributed by atoms with Gasteiger partial charge in [0, 0.05) is 7.11 Å². The van der Waals surface area contributed by atoms with Gasteiger partial charge in [-0.05, 0) is 50.4 Å². The zero-order chi connectivity index (χ0) is 12.2. The first kappa shape index (κ1) is 13.5. The van der Waals surface area contributed by atoms with Crippen LogP contribution in [0.1, 0.15) is 38.5 Å². The number of hydrogen-bond acceptors (Lipinski definition) is 4. The average molecular weight is 247 g/mol. The molecule has 92 valence electrons. The summed E-state index contributed by atoms with van der Waals surface area (Å²) >= 11 is 5.72. The molecule has 1 unspecified atom stereocenters. The Morgan fingerprint density at radius 1 is 1.56 bits per heavy atom. The number of halogens is 1. The van der Waals surface area contributed by atoms with Crippen LogP contribution in [0, 0.1) is 0 Å². The molecule has 0 aliphatic rings. The monoisotopic (exact) mass is 246 g/mol. The molecule has 1 rings (SSSR count). The van der Waals surface area contributed by atoms with Crippen LogP contribution in [0.3, 0.4) is 0 Å². The zero-order valence-electron chi connectivity index (χ0n) is 9.92. The third-order valence-corrected chi connectivity index (χ3v) is 2.93. The van der Waals surface area contributed by atoms with E-state index in [1.165, 1.54) is 0 Å². The summed E-state index contributed by atoms with van der Waals surface area (Å²) in [6.45, 7) is 4.07.